The van der Waals surface area contributed by atoms with Gasteiger partial charge in [-0.3, -0.25) is 14.6 Å². The first-order chi connectivity index (χ1) is 27.6. The fourth-order valence-electron chi connectivity index (χ4n) is 8.10. The second-order valence-electron chi connectivity index (χ2n) is 15.6. The second-order valence-corrected chi connectivity index (χ2v) is 15.6. The molecule has 2 saturated heterocycles. The molecule has 0 bridgehead atoms. The van der Waals surface area contributed by atoms with Crippen molar-refractivity contribution in [3.8, 4) is 45.5 Å². The molecule has 4 aromatic carbocycles. The molecule has 8 rings (SSSR count). The van der Waals surface area contributed by atoms with Crippen LogP contribution in [0.25, 0.3) is 56.2 Å². The zero-order valence-corrected chi connectivity index (χ0v) is 32.3. The number of oxazole rings is 2. The van der Waals surface area contributed by atoms with Crippen LogP contribution >= 0.6 is 0 Å². The van der Waals surface area contributed by atoms with Crippen LogP contribution in [0, 0.1) is 19.8 Å². The Hall–Kier alpha value is -5.51. The number of carbonyl (C=O) groups is 1. The molecule has 0 amide bonds. The number of halogens is 4. The van der Waals surface area contributed by atoms with Gasteiger partial charge in [-0.25, -0.2) is 9.97 Å². The van der Waals surface area contributed by atoms with Crippen molar-refractivity contribution in [2.24, 2.45) is 5.92 Å². The number of hydrogen-bond donors (Lipinski definition) is 2. The molecule has 2 aliphatic heterocycles. The van der Waals surface area contributed by atoms with E-state index < -0.39 is 30.8 Å². The highest BCUT2D eigenvalue weighted by atomic mass is 19.3. The van der Waals surface area contributed by atoms with Crippen LogP contribution in [0.3, 0.4) is 0 Å². The van der Waals surface area contributed by atoms with Crippen LogP contribution in [-0.2, 0) is 17.9 Å². The van der Waals surface area contributed by atoms with Crippen LogP contribution in [0.15, 0.2) is 69.5 Å². The van der Waals surface area contributed by atoms with Gasteiger partial charge < -0.3 is 28.5 Å². The molecule has 2 aliphatic rings. The van der Waals surface area contributed by atoms with Gasteiger partial charge in [0.15, 0.2) is 11.2 Å². The molecule has 0 radical (unpaired) electrons. The number of likely N-dealkylation sites (tertiary alicyclic amines) is 2. The SMILES string of the molecule is Cc1c(-c2nc3cc(CN4CC(C(C)(C)O)C4)c(OC(F)F)cc3o2)cccc1-c1cccc(-c2nc3cc(CN4CCC[C@H]4C(=O)O)c(OC(F)F)cc3o2)c1C. The van der Waals surface area contributed by atoms with E-state index in [9.17, 15) is 32.6 Å². The normalized spacial score (nSPS) is 16.9. The molecule has 304 valence electrons. The second kappa shape index (κ2) is 15.3. The van der Waals surface area contributed by atoms with E-state index in [-0.39, 0.29) is 35.4 Å². The van der Waals surface area contributed by atoms with Gasteiger partial charge in [-0.1, -0.05) is 24.3 Å². The average molecular weight is 803 g/mol. The lowest BCUT2D eigenvalue weighted by Gasteiger charge is -2.45. The number of rotatable bonds is 13. The molecule has 0 aliphatic carbocycles. The number of nitrogens with zero attached hydrogens (tertiary/aromatic N) is 4. The van der Waals surface area contributed by atoms with Crippen molar-refractivity contribution in [1.29, 1.82) is 0 Å². The molecule has 0 spiro atoms. The van der Waals surface area contributed by atoms with Gasteiger partial charge in [-0.05, 0) is 93.6 Å². The Bertz CT molecular complexity index is 2510. The number of ether oxygens (including phenoxy) is 2. The molecule has 2 fully saturated rings. The third kappa shape index (κ3) is 7.73. The van der Waals surface area contributed by atoms with Gasteiger partial charge in [-0.15, -0.1) is 0 Å². The predicted molar refractivity (Wildman–Crippen MR) is 207 cm³/mol. The Morgan fingerprint density at radius 3 is 1.76 bits per heavy atom. The number of carboxylic acids is 1. The topological polar surface area (TPSA) is 135 Å². The summed E-state index contributed by atoms with van der Waals surface area (Å²) in [6.45, 7) is 3.43. The van der Waals surface area contributed by atoms with Gasteiger partial charge in [-0.2, -0.15) is 17.6 Å². The molecule has 0 unspecified atom stereocenters. The van der Waals surface area contributed by atoms with E-state index >= 15 is 0 Å². The largest absolute Gasteiger partial charge is 0.480 e. The summed E-state index contributed by atoms with van der Waals surface area (Å²) in [5, 5.41) is 20.0. The molecule has 0 saturated carbocycles. The van der Waals surface area contributed by atoms with Gasteiger partial charge >= 0.3 is 19.2 Å². The summed E-state index contributed by atoms with van der Waals surface area (Å²) in [6.07, 6.45) is 1.15. The average Bonchev–Trinajstić information content (AvgIpc) is 3.87. The Morgan fingerprint density at radius 2 is 1.29 bits per heavy atom. The van der Waals surface area contributed by atoms with Crippen LogP contribution in [0.4, 0.5) is 17.6 Å². The fourth-order valence-corrected chi connectivity index (χ4v) is 8.10. The molecule has 2 aromatic heterocycles. The summed E-state index contributed by atoms with van der Waals surface area (Å²) >= 11 is 0. The number of fused-ring (bicyclic) bond motifs is 2. The zero-order chi connectivity index (χ0) is 41.0. The predicted octanol–water partition coefficient (Wildman–Crippen LogP) is 9.04. The van der Waals surface area contributed by atoms with Crippen molar-refractivity contribution >= 4 is 28.2 Å². The molecule has 6 aromatic rings. The third-order valence-corrected chi connectivity index (χ3v) is 11.4. The van der Waals surface area contributed by atoms with E-state index in [1.807, 2.05) is 50.2 Å². The molecule has 4 heterocycles. The lowest BCUT2D eigenvalue weighted by atomic mass is 9.84. The van der Waals surface area contributed by atoms with Crippen LogP contribution in [-0.4, -0.2) is 80.5 Å². The highest BCUT2D eigenvalue weighted by molar-refractivity contribution is 5.85. The van der Waals surface area contributed by atoms with Crippen molar-refractivity contribution in [3.63, 3.8) is 0 Å². The molecule has 2 N–H and O–H groups in total. The first-order valence-electron chi connectivity index (χ1n) is 19.0. The van der Waals surface area contributed by atoms with Crippen LogP contribution in [0.2, 0.25) is 0 Å². The molecule has 15 heteroatoms. The fraction of sp³-hybridized carbons (Fsp3) is 0.372. The van der Waals surface area contributed by atoms with Crippen LogP contribution in [0.5, 0.6) is 11.5 Å². The lowest BCUT2D eigenvalue weighted by molar-refractivity contribution is -0.142. The summed E-state index contributed by atoms with van der Waals surface area (Å²) in [5.74, 6) is -0.436. The van der Waals surface area contributed by atoms with Crippen molar-refractivity contribution < 1.29 is 50.9 Å². The van der Waals surface area contributed by atoms with Crippen LogP contribution in [0.1, 0.15) is 48.9 Å². The van der Waals surface area contributed by atoms with Crippen molar-refractivity contribution in [2.45, 2.75) is 78.5 Å². The number of aromatic nitrogens is 2. The molecular weight excluding hydrogens is 760 g/mol. The minimum absolute atomic E-state index is 0.00132. The van der Waals surface area contributed by atoms with E-state index in [1.54, 1.807) is 30.9 Å². The summed E-state index contributed by atoms with van der Waals surface area (Å²) in [6, 6.07) is 16.8. The van der Waals surface area contributed by atoms with E-state index in [1.165, 1.54) is 12.1 Å². The van der Waals surface area contributed by atoms with Crippen molar-refractivity contribution in [1.82, 2.24) is 19.8 Å². The molecule has 58 heavy (non-hydrogen) atoms. The number of hydrogen-bond acceptors (Lipinski definition) is 10. The Kier molecular flexibility index (Phi) is 10.4. The van der Waals surface area contributed by atoms with Gasteiger partial charge in [0.05, 0.1) is 5.60 Å². The molecule has 11 nitrogen and oxygen atoms in total. The maximum absolute atomic E-state index is 13.5. The van der Waals surface area contributed by atoms with E-state index in [2.05, 4.69) is 4.90 Å². The highest BCUT2D eigenvalue weighted by Crippen LogP contribution is 2.40. The number of alkyl halides is 4. The van der Waals surface area contributed by atoms with Crippen molar-refractivity contribution in [2.75, 3.05) is 19.6 Å². The monoisotopic (exact) mass is 802 g/mol. The van der Waals surface area contributed by atoms with Gasteiger partial charge in [0, 0.05) is 66.5 Å². The molecule has 1 atom stereocenters. The Balaban J connectivity index is 1.10. The van der Waals surface area contributed by atoms with E-state index in [0.29, 0.717) is 83.8 Å². The maximum Gasteiger partial charge on any atom is 0.387 e. The highest BCUT2D eigenvalue weighted by Gasteiger charge is 2.38. The van der Waals surface area contributed by atoms with Crippen LogP contribution < -0.4 is 9.47 Å². The van der Waals surface area contributed by atoms with Gasteiger partial charge in [0.25, 0.3) is 0 Å². The number of aliphatic hydroxyl groups is 1. The summed E-state index contributed by atoms with van der Waals surface area (Å²) < 4.78 is 76.1. The first kappa shape index (κ1) is 39.3. The summed E-state index contributed by atoms with van der Waals surface area (Å²) in [4.78, 5) is 25.1. The van der Waals surface area contributed by atoms with Crippen molar-refractivity contribution in [3.05, 3.63) is 82.9 Å². The quantitative estimate of drug-likeness (QED) is 0.108. The van der Waals surface area contributed by atoms with E-state index in [4.69, 9.17) is 28.3 Å². The minimum Gasteiger partial charge on any atom is -0.480 e. The smallest absolute Gasteiger partial charge is 0.387 e. The summed E-state index contributed by atoms with van der Waals surface area (Å²) in [7, 11) is 0. The maximum atomic E-state index is 13.5. The molecular formula is C43H42F4N4O7. The van der Waals surface area contributed by atoms with Gasteiger partial charge in [0.2, 0.25) is 11.8 Å². The third-order valence-electron chi connectivity index (χ3n) is 11.4. The minimum atomic E-state index is -3.10. The van der Waals surface area contributed by atoms with E-state index in [0.717, 1.165) is 22.3 Å². The number of aliphatic carboxylic acids is 1. The standard InChI is InChI=1S/C43H42F4N4O7/c1-22-27(8-5-10-29(22)38-48-31-14-24(18-50-20-26(21-50)43(3,4)54)34(57-41(44)45)16-36(31)55-38)28-9-6-11-30(23(28)2)39-49-32-15-25(19-51-13-7-12-33(51)40(52)53)35(58-42(46)47)17-37(32)56-39/h5-6,8-11,14-17,26,33,41-42,54H,7,12-13,18-21H2,1-4H3,(H,52,53)/t33-/m0/s1. The number of carboxylic acid groups (broad SMARTS) is 1. The Morgan fingerprint density at radius 1 is 0.810 bits per heavy atom. The number of benzene rings is 4. The first-order valence-corrected chi connectivity index (χ1v) is 19.0. The lowest BCUT2D eigenvalue weighted by Crippen LogP contribution is -2.55. The van der Waals surface area contributed by atoms with Gasteiger partial charge in [0.1, 0.15) is 28.6 Å². The zero-order valence-electron chi connectivity index (χ0n) is 32.3. The Labute approximate surface area is 330 Å². The summed E-state index contributed by atoms with van der Waals surface area (Å²) in [5.41, 5.74) is 6.24.